The standard InChI is InChI=1S/C13H20BrN3O/c1-13(2,9-17(3)4)8-15-12(18)10-6-5-7-11(14)16-10/h5-7H,8-9H2,1-4H3,(H,15,18). The Morgan fingerprint density at radius 3 is 2.67 bits per heavy atom. The van der Waals surface area contributed by atoms with Crippen LogP contribution in [0, 0.1) is 5.41 Å². The van der Waals surface area contributed by atoms with Gasteiger partial charge in [-0.3, -0.25) is 4.79 Å². The molecule has 1 amide bonds. The van der Waals surface area contributed by atoms with Crippen LogP contribution in [0.3, 0.4) is 0 Å². The number of nitrogens with zero attached hydrogens (tertiary/aromatic N) is 2. The van der Waals surface area contributed by atoms with Crippen molar-refractivity contribution in [2.24, 2.45) is 5.41 Å². The van der Waals surface area contributed by atoms with E-state index in [1.54, 1.807) is 18.2 Å². The van der Waals surface area contributed by atoms with Crippen molar-refractivity contribution in [1.29, 1.82) is 0 Å². The van der Waals surface area contributed by atoms with E-state index in [2.05, 4.69) is 45.0 Å². The van der Waals surface area contributed by atoms with Gasteiger partial charge in [-0.05, 0) is 47.6 Å². The number of rotatable bonds is 5. The minimum absolute atomic E-state index is 0.0329. The zero-order valence-corrected chi connectivity index (χ0v) is 12.9. The van der Waals surface area contributed by atoms with Gasteiger partial charge in [0, 0.05) is 13.1 Å². The smallest absolute Gasteiger partial charge is 0.269 e. The highest BCUT2D eigenvalue weighted by Gasteiger charge is 2.20. The molecular weight excluding hydrogens is 294 g/mol. The second kappa shape index (κ2) is 6.29. The maximum Gasteiger partial charge on any atom is 0.269 e. The first-order valence-corrected chi connectivity index (χ1v) is 6.65. The molecule has 100 valence electrons. The molecule has 1 heterocycles. The van der Waals surface area contributed by atoms with E-state index in [4.69, 9.17) is 0 Å². The van der Waals surface area contributed by atoms with E-state index >= 15 is 0 Å². The Kier molecular flexibility index (Phi) is 5.28. The monoisotopic (exact) mass is 313 g/mol. The highest BCUT2D eigenvalue weighted by Crippen LogP contribution is 2.14. The van der Waals surface area contributed by atoms with Gasteiger partial charge in [-0.1, -0.05) is 19.9 Å². The normalized spacial score (nSPS) is 11.7. The minimum atomic E-state index is -0.136. The Bertz CT molecular complexity index is 418. The zero-order chi connectivity index (χ0) is 13.8. The fourth-order valence-electron chi connectivity index (χ4n) is 1.86. The van der Waals surface area contributed by atoms with E-state index in [9.17, 15) is 4.79 Å². The van der Waals surface area contributed by atoms with Crippen molar-refractivity contribution in [3.05, 3.63) is 28.5 Å². The van der Waals surface area contributed by atoms with Gasteiger partial charge >= 0.3 is 0 Å². The summed E-state index contributed by atoms with van der Waals surface area (Å²) in [5.74, 6) is -0.136. The molecule has 0 aromatic carbocycles. The van der Waals surface area contributed by atoms with Crippen LogP contribution in [0.5, 0.6) is 0 Å². The first kappa shape index (κ1) is 15.1. The van der Waals surface area contributed by atoms with Crippen LogP contribution in [0.2, 0.25) is 0 Å². The third kappa shape index (κ3) is 5.14. The summed E-state index contributed by atoms with van der Waals surface area (Å²) < 4.78 is 0.669. The van der Waals surface area contributed by atoms with Crippen molar-refractivity contribution in [3.8, 4) is 0 Å². The maximum atomic E-state index is 11.9. The van der Waals surface area contributed by atoms with Gasteiger partial charge in [-0.2, -0.15) is 0 Å². The molecule has 1 rings (SSSR count). The number of amides is 1. The third-order valence-corrected chi connectivity index (χ3v) is 2.86. The molecule has 0 saturated heterocycles. The van der Waals surface area contributed by atoms with E-state index < -0.39 is 0 Å². The molecule has 0 spiro atoms. The first-order valence-electron chi connectivity index (χ1n) is 5.86. The summed E-state index contributed by atoms with van der Waals surface area (Å²) in [6.45, 7) is 5.79. The highest BCUT2D eigenvalue weighted by molar-refractivity contribution is 9.10. The summed E-state index contributed by atoms with van der Waals surface area (Å²) in [7, 11) is 4.05. The van der Waals surface area contributed by atoms with Gasteiger partial charge in [0.1, 0.15) is 10.3 Å². The number of pyridine rings is 1. The largest absolute Gasteiger partial charge is 0.350 e. The lowest BCUT2D eigenvalue weighted by atomic mass is 9.93. The van der Waals surface area contributed by atoms with E-state index in [0.717, 1.165) is 6.54 Å². The Balaban J connectivity index is 2.56. The zero-order valence-electron chi connectivity index (χ0n) is 11.3. The van der Waals surface area contributed by atoms with Gasteiger partial charge in [0.15, 0.2) is 0 Å². The van der Waals surface area contributed by atoms with Crippen molar-refractivity contribution >= 4 is 21.8 Å². The van der Waals surface area contributed by atoms with Crippen LogP contribution in [-0.4, -0.2) is 43.0 Å². The topological polar surface area (TPSA) is 45.2 Å². The predicted octanol–water partition coefficient (Wildman–Crippen LogP) is 2.16. The number of halogens is 1. The molecule has 0 atom stereocenters. The average molecular weight is 314 g/mol. The molecule has 18 heavy (non-hydrogen) atoms. The highest BCUT2D eigenvalue weighted by atomic mass is 79.9. The SMILES string of the molecule is CN(C)CC(C)(C)CNC(=O)c1cccc(Br)n1. The Morgan fingerprint density at radius 1 is 1.44 bits per heavy atom. The lowest BCUT2D eigenvalue weighted by Crippen LogP contribution is -2.40. The molecule has 0 aliphatic carbocycles. The third-order valence-electron chi connectivity index (χ3n) is 2.42. The fraction of sp³-hybridized carbons (Fsp3) is 0.538. The first-order chi connectivity index (χ1) is 8.30. The van der Waals surface area contributed by atoms with Gasteiger partial charge < -0.3 is 10.2 Å². The quantitative estimate of drug-likeness (QED) is 0.847. The fourth-order valence-corrected chi connectivity index (χ4v) is 2.20. The Morgan fingerprint density at radius 2 is 2.11 bits per heavy atom. The number of nitrogens with one attached hydrogen (secondary N) is 1. The Hall–Kier alpha value is -0.940. The number of aromatic nitrogens is 1. The molecule has 0 unspecified atom stereocenters. The summed E-state index contributed by atoms with van der Waals surface area (Å²) in [5, 5.41) is 2.92. The second-order valence-electron chi connectivity index (χ2n) is 5.43. The van der Waals surface area contributed by atoms with Gasteiger partial charge in [-0.15, -0.1) is 0 Å². The molecule has 0 aliphatic rings. The summed E-state index contributed by atoms with van der Waals surface area (Å²) in [6, 6.07) is 5.31. The maximum absolute atomic E-state index is 11.9. The van der Waals surface area contributed by atoms with Crippen molar-refractivity contribution in [1.82, 2.24) is 15.2 Å². The average Bonchev–Trinajstić information content (AvgIpc) is 2.24. The second-order valence-corrected chi connectivity index (χ2v) is 6.24. The van der Waals surface area contributed by atoms with Crippen molar-refractivity contribution < 1.29 is 4.79 Å². The van der Waals surface area contributed by atoms with E-state index in [0.29, 0.717) is 16.8 Å². The number of hydrogen-bond donors (Lipinski definition) is 1. The van der Waals surface area contributed by atoms with Gasteiger partial charge in [0.05, 0.1) is 0 Å². The summed E-state index contributed by atoms with van der Waals surface area (Å²) in [4.78, 5) is 18.2. The van der Waals surface area contributed by atoms with Gasteiger partial charge in [0.2, 0.25) is 0 Å². The Labute approximate surface area is 117 Å². The van der Waals surface area contributed by atoms with Crippen LogP contribution in [0.1, 0.15) is 24.3 Å². The molecule has 1 N–H and O–H groups in total. The van der Waals surface area contributed by atoms with Crippen molar-refractivity contribution in [2.45, 2.75) is 13.8 Å². The number of hydrogen-bond acceptors (Lipinski definition) is 3. The van der Waals surface area contributed by atoms with Crippen LogP contribution in [-0.2, 0) is 0 Å². The molecule has 4 nitrogen and oxygen atoms in total. The van der Waals surface area contributed by atoms with Gasteiger partial charge in [0.25, 0.3) is 5.91 Å². The molecule has 0 fully saturated rings. The molecule has 0 aliphatic heterocycles. The number of carbonyl (C=O) groups is 1. The lowest BCUT2D eigenvalue weighted by molar-refractivity contribution is 0.0924. The lowest BCUT2D eigenvalue weighted by Gasteiger charge is -2.28. The van der Waals surface area contributed by atoms with E-state index in [-0.39, 0.29) is 11.3 Å². The summed E-state index contributed by atoms with van der Waals surface area (Å²) >= 11 is 3.26. The predicted molar refractivity (Wildman–Crippen MR) is 76.6 cm³/mol. The molecule has 1 aromatic rings. The van der Waals surface area contributed by atoms with Crippen LogP contribution < -0.4 is 5.32 Å². The molecular formula is C13H20BrN3O. The minimum Gasteiger partial charge on any atom is -0.350 e. The molecule has 5 heteroatoms. The van der Waals surface area contributed by atoms with Crippen LogP contribution >= 0.6 is 15.9 Å². The van der Waals surface area contributed by atoms with Crippen molar-refractivity contribution in [2.75, 3.05) is 27.2 Å². The van der Waals surface area contributed by atoms with Crippen LogP contribution in [0.4, 0.5) is 0 Å². The molecule has 0 radical (unpaired) electrons. The number of carbonyl (C=O) groups excluding carboxylic acids is 1. The van der Waals surface area contributed by atoms with E-state index in [1.165, 1.54) is 0 Å². The van der Waals surface area contributed by atoms with Crippen LogP contribution in [0.25, 0.3) is 0 Å². The summed E-state index contributed by atoms with van der Waals surface area (Å²) in [6.07, 6.45) is 0. The molecule has 0 bridgehead atoms. The van der Waals surface area contributed by atoms with Crippen molar-refractivity contribution in [3.63, 3.8) is 0 Å². The van der Waals surface area contributed by atoms with Gasteiger partial charge in [-0.25, -0.2) is 4.98 Å². The van der Waals surface area contributed by atoms with E-state index in [1.807, 2.05) is 14.1 Å². The van der Waals surface area contributed by atoms with Crippen LogP contribution in [0.15, 0.2) is 22.8 Å². The summed E-state index contributed by atoms with van der Waals surface area (Å²) in [5.41, 5.74) is 0.468. The molecule has 0 saturated carbocycles. The molecule has 1 aromatic heterocycles.